The Morgan fingerprint density at radius 3 is 2.46 bits per heavy atom. The highest BCUT2D eigenvalue weighted by atomic mass is 32.1. The van der Waals surface area contributed by atoms with E-state index in [4.69, 9.17) is 12.2 Å². The summed E-state index contributed by atoms with van der Waals surface area (Å²) in [5.74, 6) is 0.858. The van der Waals surface area contributed by atoms with Crippen LogP contribution in [0.2, 0.25) is 0 Å². The summed E-state index contributed by atoms with van der Waals surface area (Å²) in [5, 5.41) is 7.29. The minimum absolute atomic E-state index is 0.162. The molecular formula is C22H29N3S. The Morgan fingerprint density at radius 1 is 1.12 bits per heavy atom. The number of nitrogens with one attached hydrogen (secondary N) is 2. The summed E-state index contributed by atoms with van der Waals surface area (Å²) in [7, 11) is 0. The largest absolute Gasteiger partial charge is 0.372 e. The fraction of sp³-hybridized carbons (Fsp3) is 0.409. The molecule has 2 aromatic rings. The Balaban J connectivity index is 1.56. The molecule has 0 unspecified atom stereocenters. The number of rotatable bonds is 4. The highest BCUT2D eigenvalue weighted by Crippen LogP contribution is 2.24. The van der Waals surface area contributed by atoms with Crippen LogP contribution in [0.25, 0.3) is 0 Å². The van der Waals surface area contributed by atoms with E-state index in [0.717, 1.165) is 11.6 Å². The molecule has 0 aliphatic carbocycles. The van der Waals surface area contributed by atoms with Crippen molar-refractivity contribution in [3.8, 4) is 0 Å². The zero-order valence-electron chi connectivity index (χ0n) is 16.0. The van der Waals surface area contributed by atoms with Gasteiger partial charge in [-0.15, -0.1) is 0 Å². The minimum Gasteiger partial charge on any atom is -0.372 e. The van der Waals surface area contributed by atoms with Gasteiger partial charge in [-0.3, -0.25) is 0 Å². The molecule has 1 aliphatic heterocycles. The molecule has 4 heteroatoms. The summed E-state index contributed by atoms with van der Waals surface area (Å²) in [5.41, 5.74) is 4.80. The molecule has 2 aromatic carbocycles. The Morgan fingerprint density at radius 2 is 1.81 bits per heavy atom. The molecule has 0 aromatic heterocycles. The van der Waals surface area contributed by atoms with E-state index in [1.165, 1.54) is 42.7 Å². The first kappa shape index (κ1) is 18.7. The molecule has 1 fully saturated rings. The van der Waals surface area contributed by atoms with E-state index >= 15 is 0 Å². The van der Waals surface area contributed by atoms with E-state index in [1.807, 2.05) is 12.1 Å². The summed E-state index contributed by atoms with van der Waals surface area (Å²) < 4.78 is 0. The highest BCUT2D eigenvalue weighted by molar-refractivity contribution is 7.80. The second-order valence-corrected chi connectivity index (χ2v) is 7.86. The maximum Gasteiger partial charge on any atom is 0.171 e. The number of hydrogen-bond acceptors (Lipinski definition) is 2. The van der Waals surface area contributed by atoms with E-state index < -0.39 is 0 Å². The summed E-state index contributed by atoms with van der Waals surface area (Å²) >= 11 is 5.46. The van der Waals surface area contributed by atoms with Crippen molar-refractivity contribution in [2.24, 2.45) is 5.92 Å². The number of hydrogen-bond donors (Lipinski definition) is 2. The molecule has 26 heavy (non-hydrogen) atoms. The molecule has 0 spiro atoms. The first-order chi connectivity index (χ1) is 12.5. The van der Waals surface area contributed by atoms with E-state index in [2.05, 4.69) is 72.7 Å². The Labute approximate surface area is 162 Å². The number of benzene rings is 2. The van der Waals surface area contributed by atoms with Gasteiger partial charge in [0.25, 0.3) is 0 Å². The topological polar surface area (TPSA) is 27.3 Å². The monoisotopic (exact) mass is 367 g/mol. The lowest BCUT2D eigenvalue weighted by Crippen LogP contribution is -2.33. The van der Waals surface area contributed by atoms with E-state index in [-0.39, 0.29) is 6.04 Å². The number of piperidine rings is 1. The van der Waals surface area contributed by atoms with Gasteiger partial charge in [0.15, 0.2) is 5.11 Å². The van der Waals surface area contributed by atoms with Gasteiger partial charge in [-0.1, -0.05) is 31.2 Å². The van der Waals surface area contributed by atoms with Crippen molar-refractivity contribution in [2.75, 3.05) is 23.3 Å². The molecule has 1 aliphatic rings. The van der Waals surface area contributed by atoms with Crippen LogP contribution in [0.5, 0.6) is 0 Å². The van der Waals surface area contributed by atoms with Crippen LogP contribution in [-0.2, 0) is 0 Å². The van der Waals surface area contributed by atoms with Gasteiger partial charge in [-0.25, -0.2) is 0 Å². The van der Waals surface area contributed by atoms with Crippen molar-refractivity contribution in [1.82, 2.24) is 5.32 Å². The molecule has 0 radical (unpaired) electrons. The van der Waals surface area contributed by atoms with Gasteiger partial charge >= 0.3 is 0 Å². The zero-order valence-corrected chi connectivity index (χ0v) is 16.8. The van der Waals surface area contributed by atoms with Gasteiger partial charge in [-0.2, -0.15) is 0 Å². The molecule has 1 saturated heterocycles. The highest BCUT2D eigenvalue weighted by Gasteiger charge is 2.16. The lowest BCUT2D eigenvalue weighted by atomic mass is 9.98. The Bertz CT molecular complexity index is 733. The van der Waals surface area contributed by atoms with Crippen LogP contribution in [0.15, 0.2) is 48.5 Å². The summed E-state index contributed by atoms with van der Waals surface area (Å²) in [6.07, 6.45) is 2.58. The standard InChI is InChI=1S/C22H29N3S/c1-16-11-13-25(14-12-16)21-9-7-19(8-10-21)18(3)23-22(26)24-20-6-4-5-17(2)15-20/h4-10,15-16,18H,11-14H2,1-3H3,(H2,23,24,26)/t18-/m1/s1. The van der Waals surface area contributed by atoms with Gasteiger partial charge < -0.3 is 15.5 Å². The van der Waals surface area contributed by atoms with Crippen molar-refractivity contribution in [2.45, 2.75) is 39.7 Å². The van der Waals surface area contributed by atoms with Crippen LogP contribution in [0.4, 0.5) is 11.4 Å². The maximum absolute atomic E-state index is 5.46. The SMILES string of the molecule is Cc1cccc(NC(=S)N[C@H](C)c2ccc(N3CCC(C)CC3)cc2)c1. The summed E-state index contributed by atoms with van der Waals surface area (Å²) in [6.45, 7) is 8.90. The third-order valence-corrected chi connectivity index (χ3v) is 5.39. The fourth-order valence-corrected chi connectivity index (χ4v) is 3.71. The van der Waals surface area contributed by atoms with Gasteiger partial charge in [0, 0.05) is 24.5 Å². The van der Waals surface area contributed by atoms with Gasteiger partial charge in [0.05, 0.1) is 6.04 Å². The maximum atomic E-state index is 5.46. The minimum atomic E-state index is 0.162. The third kappa shape index (κ3) is 4.98. The number of nitrogens with zero attached hydrogens (tertiary/aromatic N) is 1. The smallest absolute Gasteiger partial charge is 0.171 e. The molecule has 0 amide bonds. The lowest BCUT2D eigenvalue weighted by molar-refractivity contribution is 0.438. The molecule has 3 nitrogen and oxygen atoms in total. The van der Waals surface area contributed by atoms with Gasteiger partial charge in [0.1, 0.15) is 0 Å². The van der Waals surface area contributed by atoms with Crippen LogP contribution >= 0.6 is 12.2 Å². The number of thiocarbonyl (C=S) groups is 1. The molecule has 1 heterocycles. The van der Waals surface area contributed by atoms with Crippen LogP contribution in [0.3, 0.4) is 0 Å². The first-order valence-corrected chi connectivity index (χ1v) is 9.91. The normalized spacial score (nSPS) is 16.2. The molecule has 3 rings (SSSR count). The third-order valence-electron chi connectivity index (χ3n) is 5.17. The van der Waals surface area contributed by atoms with E-state index in [9.17, 15) is 0 Å². The second-order valence-electron chi connectivity index (χ2n) is 7.45. The van der Waals surface area contributed by atoms with Crippen LogP contribution in [0.1, 0.15) is 43.9 Å². The van der Waals surface area contributed by atoms with Gasteiger partial charge in [0.2, 0.25) is 0 Å². The fourth-order valence-electron chi connectivity index (χ4n) is 3.41. The molecule has 2 N–H and O–H groups in total. The van der Waals surface area contributed by atoms with Crippen molar-refractivity contribution >= 4 is 28.7 Å². The van der Waals surface area contributed by atoms with Crippen LogP contribution in [-0.4, -0.2) is 18.2 Å². The van der Waals surface area contributed by atoms with E-state index in [0.29, 0.717) is 5.11 Å². The average molecular weight is 368 g/mol. The van der Waals surface area contributed by atoms with Gasteiger partial charge in [-0.05, 0) is 80.2 Å². The predicted molar refractivity (Wildman–Crippen MR) is 116 cm³/mol. The number of anilines is 2. The van der Waals surface area contributed by atoms with Crippen LogP contribution in [0, 0.1) is 12.8 Å². The molecule has 138 valence electrons. The van der Waals surface area contributed by atoms with Crippen molar-refractivity contribution in [3.63, 3.8) is 0 Å². The molecular weight excluding hydrogens is 338 g/mol. The summed E-state index contributed by atoms with van der Waals surface area (Å²) in [4.78, 5) is 2.49. The van der Waals surface area contributed by atoms with Crippen molar-refractivity contribution in [1.29, 1.82) is 0 Å². The quantitative estimate of drug-likeness (QED) is 0.719. The predicted octanol–water partition coefficient (Wildman–Crippen LogP) is 5.28. The Hall–Kier alpha value is -2.07. The van der Waals surface area contributed by atoms with E-state index in [1.54, 1.807) is 0 Å². The lowest BCUT2D eigenvalue weighted by Gasteiger charge is -2.32. The van der Waals surface area contributed by atoms with Crippen LogP contribution < -0.4 is 15.5 Å². The average Bonchev–Trinajstić information content (AvgIpc) is 2.62. The number of aryl methyl sites for hydroxylation is 1. The molecule has 1 atom stereocenters. The van der Waals surface area contributed by atoms with Crippen molar-refractivity contribution in [3.05, 3.63) is 59.7 Å². The Kier molecular flexibility index (Phi) is 6.15. The summed E-state index contributed by atoms with van der Waals surface area (Å²) in [6, 6.07) is 17.3. The molecule has 0 saturated carbocycles. The van der Waals surface area contributed by atoms with Crippen molar-refractivity contribution < 1.29 is 0 Å². The zero-order chi connectivity index (χ0) is 18.5. The first-order valence-electron chi connectivity index (χ1n) is 9.50. The second kappa shape index (κ2) is 8.54. The molecule has 0 bridgehead atoms.